The van der Waals surface area contributed by atoms with Gasteiger partial charge in [-0.2, -0.15) is 0 Å². The number of carbonyl (C=O) groups excluding carboxylic acids is 2. The van der Waals surface area contributed by atoms with E-state index in [0.717, 1.165) is 13.0 Å². The molecule has 3 nitrogen and oxygen atoms in total. The van der Waals surface area contributed by atoms with Gasteiger partial charge in [-0.15, -0.1) is 12.4 Å². The summed E-state index contributed by atoms with van der Waals surface area (Å²) < 4.78 is 0. The summed E-state index contributed by atoms with van der Waals surface area (Å²) in [5.41, 5.74) is -0.105. The van der Waals surface area contributed by atoms with Gasteiger partial charge in [-0.3, -0.25) is 9.59 Å². The van der Waals surface area contributed by atoms with Crippen LogP contribution in [0.1, 0.15) is 25.7 Å². The highest BCUT2D eigenvalue weighted by atomic mass is 35.5. The average molecular weight is 190 g/mol. The Hall–Kier alpha value is -0.410. The Balaban J connectivity index is 0.000000720. The van der Waals surface area contributed by atoms with Crippen LogP contribution in [0.15, 0.2) is 0 Å². The molecule has 4 heteroatoms. The molecule has 68 valence electrons. The van der Waals surface area contributed by atoms with E-state index in [1.807, 2.05) is 0 Å². The van der Waals surface area contributed by atoms with Crippen LogP contribution >= 0.6 is 12.4 Å². The lowest BCUT2D eigenvalue weighted by molar-refractivity contribution is -0.133. The first-order chi connectivity index (χ1) is 5.20. The third-order valence-electron chi connectivity index (χ3n) is 2.57. The Morgan fingerprint density at radius 1 is 1.17 bits per heavy atom. The molecule has 1 saturated carbocycles. The maximum atomic E-state index is 11.0. The minimum absolute atomic E-state index is 0. The Bertz CT molecular complexity index is 205. The molecule has 1 spiro atoms. The van der Waals surface area contributed by atoms with Crippen LogP contribution < -0.4 is 5.32 Å². The van der Waals surface area contributed by atoms with Crippen LogP contribution in [0.25, 0.3) is 0 Å². The largest absolute Gasteiger partial charge is 0.310 e. The molecule has 1 aliphatic heterocycles. The molecule has 0 aromatic rings. The third-order valence-corrected chi connectivity index (χ3v) is 2.57. The monoisotopic (exact) mass is 189 g/mol. The second-order valence-electron chi connectivity index (χ2n) is 3.56. The quantitative estimate of drug-likeness (QED) is 0.564. The van der Waals surface area contributed by atoms with Crippen LogP contribution in [0.2, 0.25) is 0 Å². The number of hydrogen-bond donors (Lipinski definition) is 1. The summed E-state index contributed by atoms with van der Waals surface area (Å²) >= 11 is 0. The maximum absolute atomic E-state index is 11.0. The summed E-state index contributed by atoms with van der Waals surface area (Å²) in [5.74, 6) is 0.210. The molecule has 0 atom stereocenters. The Labute approximate surface area is 77.3 Å². The number of halogens is 1. The molecule has 0 amide bonds. The molecule has 0 bridgehead atoms. The summed E-state index contributed by atoms with van der Waals surface area (Å²) in [6, 6.07) is 0. The van der Waals surface area contributed by atoms with Crippen molar-refractivity contribution >= 4 is 24.0 Å². The zero-order chi connectivity index (χ0) is 7.90. The number of carbonyl (C=O) groups is 2. The van der Waals surface area contributed by atoms with Crippen molar-refractivity contribution < 1.29 is 9.59 Å². The van der Waals surface area contributed by atoms with Crippen molar-refractivity contribution in [2.24, 2.45) is 0 Å². The number of nitrogens with one attached hydrogen (secondary N) is 1. The van der Waals surface area contributed by atoms with Crippen LogP contribution in [0.5, 0.6) is 0 Å². The first kappa shape index (κ1) is 9.68. The van der Waals surface area contributed by atoms with Crippen molar-refractivity contribution in [3.8, 4) is 0 Å². The van der Waals surface area contributed by atoms with Gasteiger partial charge in [0.05, 0.1) is 6.42 Å². The van der Waals surface area contributed by atoms with Crippen LogP contribution in [-0.4, -0.2) is 23.7 Å². The molecule has 1 heterocycles. The number of Topliss-reactive ketones (excluding diaryl/α,β-unsaturated/α-hetero) is 2. The Morgan fingerprint density at radius 2 is 1.67 bits per heavy atom. The van der Waals surface area contributed by atoms with Gasteiger partial charge in [-0.05, 0) is 13.0 Å². The molecule has 1 saturated heterocycles. The van der Waals surface area contributed by atoms with E-state index < -0.39 is 0 Å². The lowest BCUT2D eigenvalue weighted by Crippen LogP contribution is -2.60. The highest BCUT2D eigenvalue weighted by Gasteiger charge is 2.43. The number of hydrogen-bond acceptors (Lipinski definition) is 3. The van der Waals surface area contributed by atoms with Crippen LogP contribution in [0.3, 0.4) is 0 Å². The van der Waals surface area contributed by atoms with E-state index in [0.29, 0.717) is 12.8 Å². The van der Waals surface area contributed by atoms with Gasteiger partial charge in [0, 0.05) is 18.4 Å². The van der Waals surface area contributed by atoms with Gasteiger partial charge in [0.1, 0.15) is 11.6 Å². The van der Waals surface area contributed by atoms with Crippen molar-refractivity contribution in [3.05, 3.63) is 0 Å². The zero-order valence-electron chi connectivity index (χ0n) is 6.76. The minimum Gasteiger partial charge on any atom is -0.310 e. The zero-order valence-corrected chi connectivity index (χ0v) is 7.58. The van der Waals surface area contributed by atoms with Crippen LogP contribution in [0.4, 0.5) is 0 Å². The highest BCUT2D eigenvalue weighted by Crippen LogP contribution is 2.31. The smallest absolute Gasteiger partial charge is 0.142 e. The molecule has 1 N–H and O–H groups in total. The van der Waals surface area contributed by atoms with Gasteiger partial charge in [0.15, 0.2) is 0 Å². The van der Waals surface area contributed by atoms with Crippen molar-refractivity contribution in [2.45, 2.75) is 31.2 Å². The van der Waals surface area contributed by atoms with Gasteiger partial charge in [0.2, 0.25) is 0 Å². The molecule has 2 aliphatic rings. The molecular formula is C8H12ClNO2. The average Bonchev–Trinajstić information content (AvgIpc) is 1.82. The molecular weight excluding hydrogens is 178 g/mol. The second-order valence-corrected chi connectivity index (χ2v) is 3.56. The summed E-state index contributed by atoms with van der Waals surface area (Å²) in [6.45, 7) is 0.959. The molecule has 2 fully saturated rings. The van der Waals surface area contributed by atoms with Crippen molar-refractivity contribution in [1.29, 1.82) is 0 Å². The van der Waals surface area contributed by atoms with Gasteiger partial charge < -0.3 is 5.32 Å². The molecule has 0 unspecified atom stereocenters. The van der Waals surface area contributed by atoms with E-state index in [1.54, 1.807) is 0 Å². The molecule has 1 aliphatic carbocycles. The molecule has 12 heavy (non-hydrogen) atoms. The fourth-order valence-corrected chi connectivity index (χ4v) is 1.94. The second kappa shape index (κ2) is 3.15. The predicted octanol–water partition coefficient (Wildman–Crippen LogP) is 0.462. The lowest BCUT2D eigenvalue weighted by Gasteiger charge is -2.44. The van der Waals surface area contributed by atoms with Gasteiger partial charge in [-0.25, -0.2) is 0 Å². The van der Waals surface area contributed by atoms with Crippen LogP contribution in [0, 0.1) is 0 Å². The number of rotatable bonds is 0. The molecule has 0 aromatic heterocycles. The van der Waals surface area contributed by atoms with Gasteiger partial charge in [0.25, 0.3) is 0 Å². The van der Waals surface area contributed by atoms with Gasteiger partial charge in [-0.1, -0.05) is 0 Å². The third kappa shape index (κ3) is 1.52. The summed E-state index contributed by atoms with van der Waals surface area (Å²) in [5, 5.41) is 3.18. The first-order valence-electron chi connectivity index (χ1n) is 3.99. The van der Waals surface area contributed by atoms with E-state index in [1.165, 1.54) is 0 Å². The van der Waals surface area contributed by atoms with Crippen molar-refractivity contribution in [3.63, 3.8) is 0 Å². The van der Waals surface area contributed by atoms with Crippen molar-refractivity contribution in [2.75, 3.05) is 6.54 Å². The fraction of sp³-hybridized carbons (Fsp3) is 0.750. The topological polar surface area (TPSA) is 46.2 Å². The van der Waals surface area contributed by atoms with E-state index in [9.17, 15) is 9.59 Å². The summed E-state index contributed by atoms with van der Waals surface area (Å²) in [6.07, 6.45) is 2.30. The van der Waals surface area contributed by atoms with E-state index in [2.05, 4.69) is 5.32 Å². The standard InChI is InChI=1S/C8H11NO2.ClH/c10-6-3-7(11)5-8(4-6)1-2-9-8;/h9H,1-5H2;1H. The Kier molecular flexibility index (Phi) is 2.54. The lowest BCUT2D eigenvalue weighted by atomic mass is 9.74. The summed E-state index contributed by atoms with van der Waals surface area (Å²) in [4.78, 5) is 22.0. The number of ketones is 2. The maximum Gasteiger partial charge on any atom is 0.142 e. The molecule has 0 aromatic carbocycles. The first-order valence-corrected chi connectivity index (χ1v) is 3.99. The molecule has 2 rings (SSSR count). The minimum atomic E-state index is -0.105. The highest BCUT2D eigenvalue weighted by molar-refractivity contribution is 6.02. The Morgan fingerprint density at radius 3 is 2.00 bits per heavy atom. The molecule has 0 radical (unpaired) electrons. The predicted molar refractivity (Wildman–Crippen MR) is 46.5 cm³/mol. The van der Waals surface area contributed by atoms with E-state index in [4.69, 9.17) is 0 Å². The van der Waals surface area contributed by atoms with Crippen LogP contribution in [-0.2, 0) is 9.59 Å². The normalized spacial score (nSPS) is 26.3. The fourth-order valence-electron chi connectivity index (χ4n) is 1.94. The van der Waals surface area contributed by atoms with E-state index >= 15 is 0 Å². The SMILES string of the molecule is Cl.O=C1CC(=O)CC2(CCN2)C1. The summed E-state index contributed by atoms with van der Waals surface area (Å²) in [7, 11) is 0. The van der Waals surface area contributed by atoms with Crippen molar-refractivity contribution in [1.82, 2.24) is 5.32 Å². The van der Waals surface area contributed by atoms with E-state index in [-0.39, 0.29) is 35.9 Å². The van der Waals surface area contributed by atoms with Gasteiger partial charge >= 0.3 is 0 Å².